The highest BCUT2D eigenvalue weighted by atomic mass is 16.5. The summed E-state index contributed by atoms with van der Waals surface area (Å²) < 4.78 is 15.8. The molecule has 1 aromatic rings. The average molecular weight is 224 g/mol. The van der Waals surface area contributed by atoms with Gasteiger partial charge in [-0.05, 0) is 6.07 Å². The average Bonchev–Trinajstić information content (AvgIpc) is 3.04. The lowest BCUT2D eigenvalue weighted by Gasteiger charge is -2.13. The van der Waals surface area contributed by atoms with Crippen molar-refractivity contribution >= 4 is 0 Å². The van der Waals surface area contributed by atoms with Crippen molar-refractivity contribution < 1.29 is 14.2 Å². The molecule has 5 heteroatoms. The molecule has 1 fully saturated rings. The van der Waals surface area contributed by atoms with Gasteiger partial charge in [0.2, 0.25) is 0 Å². The third-order valence-electron chi connectivity index (χ3n) is 2.75. The van der Waals surface area contributed by atoms with Crippen molar-refractivity contribution in [1.82, 2.24) is 5.01 Å². The predicted octanol–water partition coefficient (Wildman–Crippen LogP) is 0.943. The van der Waals surface area contributed by atoms with Gasteiger partial charge >= 0.3 is 0 Å². The third kappa shape index (κ3) is 1.79. The monoisotopic (exact) mass is 224 g/mol. The van der Waals surface area contributed by atoms with Crippen LogP contribution < -0.4 is 20.1 Å². The zero-order chi connectivity index (χ0) is 11.7. The number of hydrogen-bond donors (Lipinski definition) is 1. The number of nitrogens with two attached hydrogens (primary N) is 1. The van der Waals surface area contributed by atoms with Gasteiger partial charge < -0.3 is 14.2 Å². The quantitative estimate of drug-likeness (QED) is 0.609. The number of rotatable bonds is 4. The SMILES string of the molecule is COc1cc(OC)c(C2CN2N)cc1OC. The van der Waals surface area contributed by atoms with Crippen LogP contribution in [0.2, 0.25) is 0 Å². The van der Waals surface area contributed by atoms with Crippen molar-refractivity contribution in [2.45, 2.75) is 6.04 Å². The molecule has 1 saturated heterocycles. The number of hydrazine groups is 1. The maximum atomic E-state index is 5.69. The molecule has 0 saturated carbocycles. The molecule has 0 bridgehead atoms. The van der Waals surface area contributed by atoms with Crippen LogP contribution in [0.5, 0.6) is 17.2 Å². The number of nitrogens with zero attached hydrogens (tertiary/aromatic N) is 1. The lowest BCUT2D eigenvalue weighted by molar-refractivity contribution is 0.346. The van der Waals surface area contributed by atoms with E-state index in [0.717, 1.165) is 17.9 Å². The Balaban J connectivity index is 2.42. The van der Waals surface area contributed by atoms with E-state index in [2.05, 4.69) is 0 Å². The van der Waals surface area contributed by atoms with Crippen molar-refractivity contribution in [3.8, 4) is 17.2 Å². The summed E-state index contributed by atoms with van der Waals surface area (Å²) in [7, 11) is 4.85. The van der Waals surface area contributed by atoms with Crippen molar-refractivity contribution in [2.75, 3.05) is 27.9 Å². The molecule has 1 aromatic carbocycles. The molecule has 2 rings (SSSR count). The summed E-state index contributed by atoms with van der Waals surface area (Å²) in [4.78, 5) is 0. The largest absolute Gasteiger partial charge is 0.496 e. The Labute approximate surface area is 94.7 Å². The van der Waals surface area contributed by atoms with Crippen molar-refractivity contribution in [2.24, 2.45) is 5.84 Å². The van der Waals surface area contributed by atoms with Gasteiger partial charge in [-0.1, -0.05) is 0 Å². The second-order valence-electron chi connectivity index (χ2n) is 3.66. The van der Waals surface area contributed by atoms with E-state index in [1.54, 1.807) is 26.3 Å². The van der Waals surface area contributed by atoms with Gasteiger partial charge in [0.05, 0.1) is 27.4 Å². The molecule has 5 nitrogen and oxygen atoms in total. The molecule has 1 aliphatic rings. The first-order valence-electron chi connectivity index (χ1n) is 5.02. The van der Waals surface area contributed by atoms with Gasteiger partial charge in [0.15, 0.2) is 11.5 Å². The van der Waals surface area contributed by atoms with E-state index in [9.17, 15) is 0 Å². The minimum Gasteiger partial charge on any atom is -0.496 e. The van der Waals surface area contributed by atoms with Gasteiger partial charge in [-0.15, -0.1) is 0 Å². The van der Waals surface area contributed by atoms with Gasteiger partial charge in [-0.3, -0.25) is 5.84 Å². The second-order valence-corrected chi connectivity index (χ2v) is 3.66. The van der Waals surface area contributed by atoms with Crippen LogP contribution in [0.25, 0.3) is 0 Å². The van der Waals surface area contributed by atoms with Crippen LogP contribution in [0.15, 0.2) is 12.1 Å². The molecule has 0 aliphatic carbocycles. The van der Waals surface area contributed by atoms with Crippen molar-refractivity contribution in [1.29, 1.82) is 0 Å². The van der Waals surface area contributed by atoms with Crippen LogP contribution in [0, 0.1) is 0 Å². The molecule has 16 heavy (non-hydrogen) atoms. The Kier molecular flexibility index (Phi) is 2.89. The zero-order valence-corrected chi connectivity index (χ0v) is 9.69. The Morgan fingerprint density at radius 2 is 1.56 bits per heavy atom. The maximum absolute atomic E-state index is 5.69. The summed E-state index contributed by atoms with van der Waals surface area (Å²) in [5.74, 6) is 7.82. The van der Waals surface area contributed by atoms with E-state index in [0.29, 0.717) is 11.5 Å². The van der Waals surface area contributed by atoms with E-state index < -0.39 is 0 Å². The summed E-state index contributed by atoms with van der Waals surface area (Å²) in [6.45, 7) is 0.839. The fourth-order valence-corrected chi connectivity index (χ4v) is 1.74. The molecule has 0 spiro atoms. The summed E-state index contributed by atoms with van der Waals surface area (Å²) in [5, 5.41) is 1.74. The van der Waals surface area contributed by atoms with Crippen LogP contribution >= 0.6 is 0 Å². The second kappa shape index (κ2) is 4.19. The fraction of sp³-hybridized carbons (Fsp3) is 0.455. The zero-order valence-electron chi connectivity index (χ0n) is 9.69. The Bertz CT molecular complexity index is 395. The van der Waals surface area contributed by atoms with E-state index >= 15 is 0 Å². The molecule has 2 unspecified atom stereocenters. The molecule has 1 heterocycles. The van der Waals surface area contributed by atoms with Crippen molar-refractivity contribution in [3.63, 3.8) is 0 Å². The molecule has 1 aliphatic heterocycles. The summed E-state index contributed by atoms with van der Waals surface area (Å²) in [6, 6.07) is 3.95. The predicted molar refractivity (Wildman–Crippen MR) is 59.7 cm³/mol. The highest BCUT2D eigenvalue weighted by molar-refractivity contribution is 5.52. The Morgan fingerprint density at radius 1 is 1.06 bits per heavy atom. The first kappa shape index (κ1) is 11.0. The fourth-order valence-electron chi connectivity index (χ4n) is 1.74. The first-order chi connectivity index (χ1) is 7.71. The summed E-state index contributed by atoms with van der Waals surface area (Å²) in [6.07, 6.45) is 0. The van der Waals surface area contributed by atoms with Crippen molar-refractivity contribution in [3.05, 3.63) is 17.7 Å². The molecule has 0 amide bonds. The highest BCUT2D eigenvalue weighted by Crippen LogP contribution is 2.42. The number of benzene rings is 1. The highest BCUT2D eigenvalue weighted by Gasteiger charge is 2.35. The van der Waals surface area contributed by atoms with Crippen LogP contribution in [0.1, 0.15) is 11.6 Å². The number of methoxy groups -OCH3 is 3. The summed E-state index contributed by atoms with van der Waals surface area (Å²) in [5.41, 5.74) is 1.03. The van der Waals surface area contributed by atoms with Crippen LogP contribution in [0.3, 0.4) is 0 Å². The number of hydrogen-bond acceptors (Lipinski definition) is 5. The Morgan fingerprint density at radius 3 is 2.00 bits per heavy atom. The third-order valence-corrected chi connectivity index (χ3v) is 2.75. The lowest BCUT2D eigenvalue weighted by Crippen LogP contribution is -2.07. The number of ether oxygens (including phenoxy) is 3. The van der Waals surface area contributed by atoms with Crippen LogP contribution in [-0.2, 0) is 0 Å². The molecule has 0 radical (unpaired) electrons. The molecule has 2 atom stereocenters. The van der Waals surface area contributed by atoms with Gasteiger partial charge in [0, 0.05) is 18.2 Å². The van der Waals surface area contributed by atoms with Gasteiger partial charge in [-0.2, -0.15) is 0 Å². The minimum atomic E-state index is 0.217. The van der Waals surface area contributed by atoms with E-state index in [1.165, 1.54) is 0 Å². The van der Waals surface area contributed by atoms with E-state index in [1.807, 2.05) is 12.1 Å². The van der Waals surface area contributed by atoms with Crippen LogP contribution in [0.4, 0.5) is 0 Å². The first-order valence-corrected chi connectivity index (χ1v) is 5.02. The molecular formula is C11H16N2O3. The normalized spacial score (nSPS) is 22.8. The van der Waals surface area contributed by atoms with Gasteiger partial charge in [0.1, 0.15) is 5.75 Å². The maximum Gasteiger partial charge on any atom is 0.164 e. The summed E-state index contributed by atoms with van der Waals surface area (Å²) >= 11 is 0. The molecular weight excluding hydrogens is 208 g/mol. The Hall–Kier alpha value is -1.46. The molecule has 88 valence electrons. The smallest absolute Gasteiger partial charge is 0.164 e. The lowest BCUT2D eigenvalue weighted by atomic mass is 10.1. The van der Waals surface area contributed by atoms with Gasteiger partial charge in [0.25, 0.3) is 0 Å². The van der Waals surface area contributed by atoms with Crippen LogP contribution in [-0.4, -0.2) is 32.9 Å². The topological polar surface area (TPSA) is 56.7 Å². The minimum absolute atomic E-state index is 0.217. The standard InChI is InChI=1S/C11H16N2O3/c1-14-9-5-11(16-3)10(15-2)4-7(9)8-6-13(8)12/h4-5,8H,6,12H2,1-3H3. The molecule has 0 aromatic heterocycles. The van der Waals surface area contributed by atoms with E-state index in [-0.39, 0.29) is 6.04 Å². The van der Waals surface area contributed by atoms with E-state index in [4.69, 9.17) is 20.1 Å². The molecule has 2 N–H and O–H groups in total. The van der Waals surface area contributed by atoms with Gasteiger partial charge in [-0.25, -0.2) is 5.01 Å².